The molecule has 4 heteroatoms. The lowest BCUT2D eigenvalue weighted by Crippen LogP contribution is -2.46. The van der Waals surface area contributed by atoms with E-state index in [1.165, 1.54) is 0 Å². The summed E-state index contributed by atoms with van der Waals surface area (Å²) in [6.45, 7) is 2.47. The van der Waals surface area contributed by atoms with Crippen molar-refractivity contribution in [3.8, 4) is 0 Å². The lowest BCUT2D eigenvalue weighted by atomic mass is 9.98. The first kappa shape index (κ1) is 12.1. The van der Waals surface area contributed by atoms with E-state index in [4.69, 9.17) is 0 Å². The molecule has 1 aliphatic rings. The van der Waals surface area contributed by atoms with Crippen molar-refractivity contribution in [2.75, 3.05) is 26.7 Å². The van der Waals surface area contributed by atoms with Gasteiger partial charge in [-0.15, -0.1) is 0 Å². The van der Waals surface area contributed by atoms with Crippen LogP contribution in [-0.4, -0.2) is 48.0 Å². The van der Waals surface area contributed by atoms with Gasteiger partial charge in [-0.1, -0.05) is 24.3 Å². The SMILES string of the molecule is CN1CCN(C=O)C(c2ccccc2CO)C1. The molecule has 0 bridgehead atoms. The molecule has 1 amide bonds. The summed E-state index contributed by atoms with van der Waals surface area (Å²) in [5.41, 5.74) is 1.95. The van der Waals surface area contributed by atoms with Gasteiger partial charge in [-0.25, -0.2) is 0 Å². The van der Waals surface area contributed by atoms with Crippen molar-refractivity contribution >= 4 is 6.41 Å². The number of nitrogens with zero attached hydrogens (tertiary/aromatic N) is 2. The molecule has 0 spiro atoms. The summed E-state index contributed by atoms with van der Waals surface area (Å²) in [5.74, 6) is 0. The van der Waals surface area contributed by atoms with Gasteiger partial charge in [0.2, 0.25) is 6.41 Å². The fourth-order valence-corrected chi connectivity index (χ4v) is 2.34. The highest BCUT2D eigenvalue weighted by Gasteiger charge is 2.26. The summed E-state index contributed by atoms with van der Waals surface area (Å²) >= 11 is 0. The molecule has 17 heavy (non-hydrogen) atoms. The molecule has 1 fully saturated rings. The van der Waals surface area contributed by atoms with Crippen LogP contribution < -0.4 is 0 Å². The first-order valence-electron chi connectivity index (χ1n) is 5.84. The highest BCUT2D eigenvalue weighted by atomic mass is 16.3. The van der Waals surface area contributed by atoms with Crippen LogP contribution in [0.4, 0.5) is 0 Å². The monoisotopic (exact) mass is 234 g/mol. The van der Waals surface area contributed by atoms with Gasteiger partial charge < -0.3 is 14.9 Å². The second-order valence-corrected chi connectivity index (χ2v) is 4.48. The molecule has 0 aromatic heterocycles. The van der Waals surface area contributed by atoms with Crippen LogP contribution in [0.3, 0.4) is 0 Å². The molecule has 1 unspecified atom stereocenters. The van der Waals surface area contributed by atoms with Crippen molar-refractivity contribution in [2.24, 2.45) is 0 Å². The zero-order chi connectivity index (χ0) is 12.3. The largest absolute Gasteiger partial charge is 0.392 e. The van der Waals surface area contributed by atoms with Crippen molar-refractivity contribution in [1.29, 1.82) is 0 Å². The molecule has 1 N–H and O–H groups in total. The summed E-state index contributed by atoms with van der Waals surface area (Å²) in [6.07, 6.45) is 0.909. The third kappa shape index (κ3) is 2.48. The Bertz CT molecular complexity index is 395. The summed E-state index contributed by atoms with van der Waals surface area (Å²) in [6, 6.07) is 7.81. The number of aliphatic hydroxyl groups excluding tert-OH is 1. The van der Waals surface area contributed by atoms with E-state index < -0.39 is 0 Å². The standard InChI is InChI=1S/C13H18N2O2/c1-14-6-7-15(10-17)13(8-14)12-5-3-2-4-11(12)9-16/h2-5,10,13,16H,6-9H2,1H3. The maximum atomic E-state index is 11.1. The highest BCUT2D eigenvalue weighted by molar-refractivity contribution is 5.50. The number of carbonyl (C=O) groups is 1. The molecule has 1 heterocycles. The van der Waals surface area contributed by atoms with Crippen LogP contribution in [0.25, 0.3) is 0 Å². The van der Waals surface area contributed by atoms with Gasteiger partial charge in [0, 0.05) is 19.6 Å². The van der Waals surface area contributed by atoms with Gasteiger partial charge in [0.15, 0.2) is 0 Å². The fourth-order valence-electron chi connectivity index (χ4n) is 2.34. The van der Waals surface area contributed by atoms with Crippen molar-refractivity contribution in [1.82, 2.24) is 9.80 Å². The Labute approximate surface area is 101 Å². The van der Waals surface area contributed by atoms with E-state index in [0.717, 1.165) is 37.2 Å². The van der Waals surface area contributed by atoms with Gasteiger partial charge in [-0.05, 0) is 18.2 Å². The third-order valence-electron chi connectivity index (χ3n) is 3.34. The van der Waals surface area contributed by atoms with Crippen LogP contribution in [0.2, 0.25) is 0 Å². The van der Waals surface area contributed by atoms with Gasteiger partial charge in [-0.3, -0.25) is 4.79 Å². The Kier molecular flexibility index (Phi) is 3.76. The number of carbonyl (C=O) groups excluding carboxylic acids is 1. The summed E-state index contributed by atoms with van der Waals surface area (Å²) < 4.78 is 0. The van der Waals surface area contributed by atoms with Gasteiger partial charge in [0.05, 0.1) is 12.6 Å². The summed E-state index contributed by atoms with van der Waals surface area (Å²) in [5, 5.41) is 9.35. The fraction of sp³-hybridized carbons (Fsp3) is 0.462. The lowest BCUT2D eigenvalue weighted by Gasteiger charge is -2.38. The number of hydrogen-bond acceptors (Lipinski definition) is 3. The molecule has 0 radical (unpaired) electrons. The average Bonchev–Trinajstić information content (AvgIpc) is 2.38. The van der Waals surface area contributed by atoms with Crippen molar-refractivity contribution in [2.45, 2.75) is 12.6 Å². The van der Waals surface area contributed by atoms with Crippen molar-refractivity contribution < 1.29 is 9.90 Å². The van der Waals surface area contributed by atoms with E-state index in [1.807, 2.05) is 29.2 Å². The molecule has 0 saturated carbocycles. The average molecular weight is 234 g/mol. The van der Waals surface area contributed by atoms with Crippen molar-refractivity contribution in [3.05, 3.63) is 35.4 Å². The maximum absolute atomic E-state index is 11.1. The molecule has 0 aliphatic carbocycles. The topological polar surface area (TPSA) is 43.8 Å². The number of hydrogen-bond donors (Lipinski definition) is 1. The van der Waals surface area contributed by atoms with Gasteiger partial charge in [-0.2, -0.15) is 0 Å². The molecule has 2 rings (SSSR count). The highest BCUT2D eigenvalue weighted by Crippen LogP contribution is 2.26. The van der Waals surface area contributed by atoms with E-state index in [-0.39, 0.29) is 12.6 Å². The predicted octanol–water partition coefficient (Wildman–Crippen LogP) is 0.624. The van der Waals surface area contributed by atoms with Gasteiger partial charge >= 0.3 is 0 Å². The molecular formula is C13H18N2O2. The van der Waals surface area contributed by atoms with Crippen LogP contribution in [0.5, 0.6) is 0 Å². The van der Waals surface area contributed by atoms with E-state index >= 15 is 0 Å². The third-order valence-corrected chi connectivity index (χ3v) is 3.34. The Balaban J connectivity index is 2.31. The Morgan fingerprint density at radius 2 is 2.18 bits per heavy atom. The van der Waals surface area contributed by atoms with Crippen LogP contribution in [0.1, 0.15) is 17.2 Å². The maximum Gasteiger partial charge on any atom is 0.210 e. The minimum Gasteiger partial charge on any atom is -0.392 e. The van der Waals surface area contributed by atoms with Gasteiger partial charge in [0.25, 0.3) is 0 Å². The van der Waals surface area contributed by atoms with Crippen LogP contribution in [-0.2, 0) is 11.4 Å². The number of rotatable bonds is 3. The van der Waals surface area contributed by atoms with E-state index in [9.17, 15) is 9.90 Å². The summed E-state index contributed by atoms with van der Waals surface area (Å²) in [4.78, 5) is 15.1. The first-order valence-corrected chi connectivity index (χ1v) is 5.84. The number of aliphatic hydroxyl groups is 1. The molecule has 1 aromatic rings. The minimum atomic E-state index is 0.0169. The minimum absolute atomic E-state index is 0.0169. The quantitative estimate of drug-likeness (QED) is 0.780. The van der Waals surface area contributed by atoms with E-state index in [0.29, 0.717) is 0 Å². The molecule has 1 saturated heterocycles. The van der Waals surface area contributed by atoms with E-state index in [2.05, 4.69) is 11.9 Å². The number of amides is 1. The smallest absolute Gasteiger partial charge is 0.210 e. The lowest BCUT2D eigenvalue weighted by molar-refractivity contribution is -0.122. The Morgan fingerprint density at radius 1 is 1.41 bits per heavy atom. The summed E-state index contributed by atoms with van der Waals surface area (Å²) in [7, 11) is 2.05. The number of likely N-dealkylation sites (N-methyl/N-ethyl adjacent to an activating group) is 1. The molecule has 1 aromatic carbocycles. The second-order valence-electron chi connectivity index (χ2n) is 4.48. The number of piperazine rings is 1. The molecule has 1 aliphatic heterocycles. The normalized spacial score (nSPS) is 21.5. The van der Waals surface area contributed by atoms with Crippen LogP contribution in [0, 0.1) is 0 Å². The Hall–Kier alpha value is -1.39. The van der Waals surface area contributed by atoms with Gasteiger partial charge in [0.1, 0.15) is 0 Å². The van der Waals surface area contributed by atoms with Crippen molar-refractivity contribution in [3.63, 3.8) is 0 Å². The van der Waals surface area contributed by atoms with E-state index in [1.54, 1.807) is 0 Å². The zero-order valence-corrected chi connectivity index (χ0v) is 10.0. The molecule has 92 valence electrons. The predicted molar refractivity (Wildman–Crippen MR) is 65.4 cm³/mol. The second kappa shape index (κ2) is 5.29. The number of benzene rings is 1. The Morgan fingerprint density at radius 3 is 2.88 bits per heavy atom. The molecule has 1 atom stereocenters. The molecular weight excluding hydrogens is 216 g/mol. The zero-order valence-electron chi connectivity index (χ0n) is 10.0. The van der Waals surface area contributed by atoms with Crippen LogP contribution in [0.15, 0.2) is 24.3 Å². The van der Waals surface area contributed by atoms with Crippen LogP contribution >= 0.6 is 0 Å². The first-order chi connectivity index (χ1) is 8.26. The molecule has 4 nitrogen and oxygen atoms in total.